The molecule has 0 saturated heterocycles. The Labute approximate surface area is 98.0 Å². The molecular weight excluding hydrogens is 216 g/mol. The van der Waals surface area contributed by atoms with E-state index in [1.54, 1.807) is 0 Å². The Kier molecular flexibility index (Phi) is 4.07. The highest BCUT2D eigenvalue weighted by molar-refractivity contribution is 6.90. The molecule has 16 heavy (non-hydrogen) atoms. The summed E-state index contributed by atoms with van der Waals surface area (Å²) in [6.07, 6.45) is 1.21. The van der Waals surface area contributed by atoms with E-state index in [4.69, 9.17) is 4.74 Å². The van der Waals surface area contributed by atoms with E-state index in [9.17, 15) is 4.79 Å². The van der Waals surface area contributed by atoms with Crippen LogP contribution in [0.1, 0.15) is 6.92 Å². The zero-order valence-corrected chi connectivity index (χ0v) is 11.1. The lowest BCUT2D eigenvalue weighted by molar-refractivity contribution is -0.139. The summed E-state index contributed by atoms with van der Waals surface area (Å²) in [5.74, 6) is -0.344. The first-order chi connectivity index (χ1) is 7.48. The molecule has 0 radical (unpaired) electrons. The van der Waals surface area contributed by atoms with Gasteiger partial charge in [-0.1, -0.05) is 55.2 Å². The topological polar surface area (TPSA) is 26.3 Å². The van der Waals surface area contributed by atoms with Gasteiger partial charge < -0.3 is 4.74 Å². The van der Waals surface area contributed by atoms with E-state index in [1.165, 1.54) is 11.3 Å². The summed E-state index contributed by atoms with van der Waals surface area (Å²) in [7, 11) is -1.75. The first-order valence-electron chi connectivity index (χ1n) is 5.37. The van der Waals surface area contributed by atoms with Crippen LogP contribution < -0.4 is 5.19 Å². The summed E-state index contributed by atoms with van der Waals surface area (Å²) in [5, 5.41) is 1.29. The summed E-state index contributed by atoms with van der Waals surface area (Å²) in [5.41, 5.74) is -0.0552. The second kappa shape index (κ2) is 5.12. The number of carbonyl (C=O) groups is 1. The van der Waals surface area contributed by atoms with Gasteiger partial charge in [0, 0.05) is 6.08 Å². The number of hydrogen-bond donors (Lipinski definition) is 0. The second-order valence-electron chi connectivity index (χ2n) is 4.37. The molecule has 1 atom stereocenters. The Morgan fingerprint density at radius 2 is 1.94 bits per heavy atom. The van der Waals surface area contributed by atoms with Gasteiger partial charge in [-0.15, -0.1) is 0 Å². The number of rotatable bonds is 4. The molecule has 86 valence electrons. The molecule has 1 aromatic rings. The SMILES string of the molecule is C=CC(=O)OC(C)[Si](C)(C)c1ccccc1. The molecule has 1 rings (SSSR count). The van der Waals surface area contributed by atoms with E-state index >= 15 is 0 Å². The smallest absolute Gasteiger partial charge is 0.330 e. The molecular formula is C13H18O2Si. The van der Waals surface area contributed by atoms with Gasteiger partial charge in [-0.25, -0.2) is 4.79 Å². The van der Waals surface area contributed by atoms with Gasteiger partial charge in [0.1, 0.15) is 8.07 Å². The molecule has 0 aliphatic rings. The van der Waals surface area contributed by atoms with Crippen molar-refractivity contribution in [2.45, 2.75) is 25.7 Å². The summed E-state index contributed by atoms with van der Waals surface area (Å²) in [4.78, 5) is 11.2. The Morgan fingerprint density at radius 3 is 2.44 bits per heavy atom. The van der Waals surface area contributed by atoms with Gasteiger partial charge in [-0.05, 0) is 6.92 Å². The minimum absolute atomic E-state index is 0.0552. The summed E-state index contributed by atoms with van der Waals surface area (Å²) >= 11 is 0. The van der Waals surface area contributed by atoms with E-state index in [-0.39, 0.29) is 11.7 Å². The van der Waals surface area contributed by atoms with Crippen LogP contribution in [0.4, 0.5) is 0 Å². The fourth-order valence-electron chi connectivity index (χ4n) is 1.47. The van der Waals surface area contributed by atoms with Crippen molar-refractivity contribution >= 4 is 19.2 Å². The molecule has 2 nitrogen and oxygen atoms in total. The lowest BCUT2D eigenvalue weighted by Crippen LogP contribution is -2.52. The Morgan fingerprint density at radius 1 is 1.38 bits per heavy atom. The Hall–Kier alpha value is -1.35. The zero-order valence-electron chi connectivity index (χ0n) is 10.1. The summed E-state index contributed by atoms with van der Waals surface area (Å²) in [6.45, 7) is 9.76. The highest BCUT2D eigenvalue weighted by Gasteiger charge is 2.32. The first-order valence-corrected chi connectivity index (χ1v) is 8.44. The molecule has 0 aliphatic heterocycles. The third kappa shape index (κ3) is 2.82. The summed E-state index contributed by atoms with van der Waals surface area (Å²) < 4.78 is 5.32. The van der Waals surface area contributed by atoms with Crippen molar-refractivity contribution < 1.29 is 9.53 Å². The molecule has 0 aliphatic carbocycles. The van der Waals surface area contributed by atoms with Crippen molar-refractivity contribution in [3.8, 4) is 0 Å². The highest BCUT2D eigenvalue weighted by atomic mass is 28.3. The van der Waals surface area contributed by atoms with Crippen LogP contribution in [0.15, 0.2) is 43.0 Å². The minimum Gasteiger partial charge on any atom is -0.463 e. The third-order valence-electron chi connectivity index (χ3n) is 2.99. The van der Waals surface area contributed by atoms with Crippen LogP contribution in [0.3, 0.4) is 0 Å². The van der Waals surface area contributed by atoms with Crippen molar-refractivity contribution in [3.05, 3.63) is 43.0 Å². The monoisotopic (exact) mass is 234 g/mol. The quantitative estimate of drug-likeness (QED) is 0.454. The van der Waals surface area contributed by atoms with E-state index < -0.39 is 8.07 Å². The van der Waals surface area contributed by atoms with Crippen molar-refractivity contribution in [2.24, 2.45) is 0 Å². The molecule has 0 aromatic heterocycles. The van der Waals surface area contributed by atoms with Gasteiger partial charge in [0.25, 0.3) is 0 Å². The van der Waals surface area contributed by atoms with Crippen LogP contribution in [-0.4, -0.2) is 19.8 Å². The maximum atomic E-state index is 11.2. The largest absolute Gasteiger partial charge is 0.463 e. The van der Waals surface area contributed by atoms with Crippen LogP contribution in [0.5, 0.6) is 0 Å². The Balaban J connectivity index is 2.85. The minimum atomic E-state index is -1.75. The van der Waals surface area contributed by atoms with E-state index in [2.05, 4.69) is 31.8 Å². The molecule has 0 heterocycles. The van der Waals surface area contributed by atoms with Gasteiger partial charge in [-0.2, -0.15) is 0 Å². The predicted octanol–water partition coefficient (Wildman–Crippen LogP) is 2.26. The van der Waals surface area contributed by atoms with E-state index in [1.807, 2.05) is 25.1 Å². The predicted molar refractivity (Wildman–Crippen MR) is 69.3 cm³/mol. The van der Waals surface area contributed by atoms with E-state index in [0.717, 1.165) is 0 Å². The molecule has 0 saturated carbocycles. The molecule has 3 heteroatoms. The normalized spacial score (nSPS) is 12.9. The zero-order chi connectivity index (χ0) is 12.2. The number of carbonyl (C=O) groups excluding carboxylic acids is 1. The molecule has 1 aromatic carbocycles. The molecule has 0 amide bonds. The number of ether oxygens (including phenoxy) is 1. The van der Waals surface area contributed by atoms with Gasteiger partial charge in [0.15, 0.2) is 0 Å². The highest BCUT2D eigenvalue weighted by Crippen LogP contribution is 2.12. The number of hydrogen-bond acceptors (Lipinski definition) is 2. The molecule has 1 unspecified atom stereocenters. The average Bonchev–Trinajstić information content (AvgIpc) is 2.29. The molecule has 0 N–H and O–H groups in total. The lowest BCUT2D eigenvalue weighted by atomic mass is 10.4. The van der Waals surface area contributed by atoms with Gasteiger partial charge in [0.05, 0.1) is 5.73 Å². The van der Waals surface area contributed by atoms with Crippen LogP contribution in [0, 0.1) is 0 Å². The van der Waals surface area contributed by atoms with Crippen molar-refractivity contribution in [2.75, 3.05) is 0 Å². The maximum Gasteiger partial charge on any atom is 0.330 e. The second-order valence-corrected chi connectivity index (χ2v) is 9.20. The number of esters is 1. The standard InChI is InChI=1S/C13H18O2Si/c1-5-13(14)15-11(2)16(3,4)12-9-7-6-8-10-12/h5-11H,1H2,2-4H3. The summed E-state index contributed by atoms with van der Waals surface area (Å²) in [6, 6.07) is 10.2. The average molecular weight is 234 g/mol. The van der Waals surface area contributed by atoms with Crippen molar-refractivity contribution in [1.82, 2.24) is 0 Å². The van der Waals surface area contributed by atoms with Gasteiger partial charge in [-0.3, -0.25) is 0 Å². The van der Waals surface area contributed by atoms with Crippen LogP contribution >= 0.6 is 0 Å². The Bertz CT molecular complexity index is 371. The fraction of sp³-hybridized carbons (Fsp3) is 0.308. The first kappa shape index (κ1) is 12.7. The van der Waals surface area contributed by atoms with E-state index in [0.29, 0.717) is 0 Å². The van der Waals surface area contributed by atoms with Crippen LogP contribution in [0.25, 0.3) is 0 Å². The molecule has 0 spiro atoms. The van der Waals surface area contributed by atoms with Crippen LogP contribution in [0.2, 0.25) is 13.1 Å². The fourth-order valence-corrected chi connectivity index (χ4v) is 3.40. The van der Waals surface area contributed by atoms with Crippen molar-refractivity contribution in [1.29, 1.82) is 0 Å². The van der Waals surface area contributed by atoms with Crippen LogP contribution in [-0.2, 0) is 9.53 Å². The van der Waals surface area contributed by atoms with Gasteiger partial charge in [0.2, 0.25) is 0 Å². The molecule has 0 bridgehead atoms. The maximum absolute atomic E-state index is 11.2. The lowest BCUT2D eigenvalue weighted by Gasteiger charge is -2.29. The van der Waals surface area contributed by atoms with Gasteiger partial charge >= 0.3 is 5.97 Å². The third-order valence-corrected chi connectivity index (χ3v) is 6.97. The van der Waals surface area contributed by atoms with Crippen molar-refractivity contribution in [3.63, 3.8) is 0 Å². The number of benzene rings is 1. The molecule has 0 fully saturated rings.